The van der Waals surface area contributed by atoms with Crippen LogP contribution in [0.4, 0.5) is 4.79 Å². The minimum absolute atomic E-state index is 0.0939. The number of benzene rings is 1. The van der Waals surface area contributed by atoms with Crippen LogP contribution in [0.2, 0.25) is 0 Å². The molecule has 1 fully saturated rings. The van der Waals surface area contributed by atoms with E-state index in [4.69, 9.17) is 9.47 Å². The van der Waals surface area contributed by atoms with Gasteiger partial charge < -0.3 is 20.1 Å². The smallest absolute Gasteiger partial charge is 0.319 e. The van der Waals surface area contributed by atoms with Crippen LogP contribution in [0, 0.1) is 5.92 Å². The highest BCUT2D eigenvalue weighted by molar-refractivity contribution is 9.10. The third-order valence-electron chi connectivity index (χ3n) is 3.74. The molecule has 2 atom stereocenters. The average molecular weight is 409 g/mol. The number of carbonyl (C=O) groups is 2. The Hall–Kier alpha value is -2.28. The van der Waals surface area contributed by atoms with Gasteiger partial charge in [-0.05, 0) is 47.5 Å². The summed E-state index contributed by atoms with van der Waals surface area (Å²) in [5.41, 5.74) is 1.10. The van der Waals surface area contributed by atoms with Crippen molar-refractivity contribution in [3.63, 3.8) is 0 Å². The van der Waals surface area contributed by atoms with E-state index >= 15 is 0 Å². The number of hydrogen-bond acceptors (Lipinski definition) is 4. The second-order valence-electron chi connectivity index (χ2n) is 5.55. The van der Waals surface area contributed by atoms with Crippen LogP contribution < -0.4 is 20.1 Å². The van der Waals surface area contributed by atoms with Gasteiger partial charge in [0.25, 0.3) is 0 Å². The lowest BCUT2D eigenvalue weighted by Gasteiger charge is -2.33. The summed E-state index contributed by atoms with van der Waals surface area (Å²) in [5, 5.41) is 5.35. The lowest BCUT2D eigenvalue weighted by molar-refractivity contribution is -0.120. The van der Waals surface area contributed by atoms with Crippen molar-refractivity contribution in [2.45, 2.75) is 19.9 Å². The van der Waals surface area contributed by atoms with Gasteiger partial charge in [-0.15, -0.1) is 0 Å². The molecule has 0 unspecified atom stereocenters. The van der Waals surface area contributed by atoms with E-state index in [0.29, 0.717) is 34.9 Å². The summed E-state index contributed by atoms with van der Waals surface area (Å²) in [5.74, 6) is 0.404. The van der Waals surface area contributed by atoms with E-state index < -0.39 is 18.0 Å². The Bertz CT molecular complexity index is 717. The van der Waals surface area contributed by atoms with E-state index in [9.17, 15) is 9.59 Å². The van der Waals surface area contributed by atoms with Crippen molar-refractivity contribution in [3.05, 3.63) is 47.1 Å². The van der Waals surface area contributed by atoms with Crippen molar-refractivity contribution in [3.8, 4) is 11.5 Å². The van der Waals surface area contributed by atoms with Crippen LogP contribution in [0.5, 0.6) is 11.5 Å². The van der Waals surface area contributed by atoms with Gasteiger partial charge in [0.15, 0.2) is 11.5 Å². The summed E-state index contributed by atoms with van der Waals surface area (Å²) in [6.45, 7) is 11.6. The van der Waals surface area contributed by atoms with E-state index in [-0.39, 0.29) is 5.78 Å². The van der Waals surface area contributed by atoms with Gasteiger partial charge in [0.1, 0.15) is 12.4 Å². The minimum Gasteiger partial charge on any atom is -0.490 e. The molecule has 0 spiro atoms. The SMILES string of the molecule is C=CCOc1c(Br)cc([C@H]2NC(=O)NC(=C)[C@@H]2C(C)=O)cc1OCC. The van der Waals surface area contributed by atoms with Gasteiger partial charge in [-0.25, -0.2) is 4.79 Å². The quantitative estimate of drug-likeness (QED) is 0.676. The van der Waals surface area contributed by atoms with Crippen LogP contribution in [-0.4, -0.2) is 25.0 Å². The fourth-order valence-corrected chi connectivity index (χ4v) is 3.33. The van der Waals surface area contributed by atoms with E-state index in [1.165, 1.54) is 6.92 Å². The zero-order valence-electron chi connectivity index (χ0n) is 14.2. The molecule has 1 aliphatic rings. The minimum atomic E-state index is -0.570. The number of halogens is 1. The first-order valence-electron chi connectivity index (χ1n) is 7.85. The molecule has 0 saturated carbocycles. The number of amides is 2. The Morgan fingerprint density at radius 3 is 2.72 bits per heavy atom. The Labute approximate surface area is 155 Å². The predicted octanol–water partition coefficient (Wildman–Crippen LogP) is 3.49. The summed E-state index contributed by atoms with van der Waals surface area (Å²) >= 11 is 3.48. The first kappa shape index (κ1) is 19.1. The third kappa shape index (κ3) is 4.22. The summed E-state index contributed by atoms with van der Waals surface area (Å²) in [7, 11) is 0. The summed E-state index contributed by atoms with van der Waals surface area (Å²) in [4.78, 5) is 23.9. The van der Waals surface area contributed by atoms with E-state index in [2.05, 4.69) is 39.7 Å². The molecule has 0 aromatic heterocycles. The van der Waals surface area contributed by atoms with E-state index in [1.807, 2.05) is 6.92 Å². The van der Waals surface area contributed by atoms with Gasteiger partial charge in [0.2, 0.25) is 0 Å². The molecule has 1 aromatic rings. The molecule has 1 aromatic carbocycles. The van der Waals surface area contributed by atoms with Gasteiger partial charge in [-0.1, -0.05) is 19.2 Å². The Kier molecular flexibility index (Phi) is 6.25. The lowest BCUT2D eigenvalue weighted by Crippen LogP contribution is -2.50. The maximum absolute atomic E-state index is 12.1. The zero-order chi connectivity index (χ0) is 18.6. The first-order valence-corrected chi connectivity index (χ1v) is 8.65. The fourth-order valence-electron chi connectivity index (χ4n) is 2.75. The molecule has 1 heterocycles. The molecular weight excluding hydrogens is 388 g/mol. The maximum Gasteiger partial charge on any atom is 0.319 e. The van der Waals surface area contributed by atoms with E-state index in [0.717, 1.165) is 5.56 Å². The Balaban J connectivity index is 2.49. The Morgan fingerprint density at radius 1 is 1.40 bits per heavy atom. The molecule has 6 nitrogen and oxygen atoms in total. The highest BCUT2D eigenvalue weighted by Crippen LogP contribution is 2.41. The molecule has 1 aliphatic heterocycles. The van der Waals surface area contributed by atoms with Gasteiger partial charge in [0, 0.05) is 5.70 Å². The molecule has 134 valence electrons. The van der Waals surface area contributed by atoms with Crippen molar-refractivity contribution in [1.29, 1.82) is 0 Å². The number of ketones is 1. The molecule has 2 amide bonds. The summed E-state index contributed by atoms with van der Waals surface area (Å²) in [6.07, 6.45) is 1.64. The molecule has 2 rings (SSSR count). The fraction of sp³-hybridized carbons (Fsp3) is 0.333. The van der Waals surface area contributed by atoms with Crippen LogP contribution in [-0.2, 0) is 4.79 Å². The van der Waals surface area contributed by atoms with Crippen molar-refractivity contribution < 1.29 is 19.1 Å². The Morgan fingerprint density at radius 2 is 2.12 bits per heavy atom. The van der Waals surface area contributed by atoms with Crippen LogP contribution in [0.25, 0.3) is 0 Å². The predicted molar refractivity (Wildman–Crippen MR) is 98.7 cm³/mol. The molecule has 0 aliphatic carbocycles. The van der Waals surface area contributed by atoms with Crippen LogP contribution in [0.3, 0.4) is 0 Å². The standard InChI is InChI=1S/C18H21BrN2O4/c1-5-7-25-17-13(19)8-12(9-14(17)24-6-2)16-15(11(4)22)10(3)20-18(23)21-16/h5,8-9,15-16H,1,3,6-7H2,2,4H3,(H2,20,21,23)/t15-,16-/m1/s1. The molecule has 0 bridgehead atoms. The number of Topliss-reactive ketones (excluding diaryl/α,β-unsaturated/α-hetero) is 1. The second kappa shape index (κ2) is 8.20. The number of hydrogen-bond donors (Lipinski definition) is 2. The van der Waals surface area contributed by atoms with Crippen LogP contribution in [0.1, 0.15) is 25.5 Å². The van der Waals surface area contributed by atoms with Gasteiger partial charge in [0.05, 0.1) is 23.0 Å². The zero-order valence-corrected chi connectivity index (χ0v) is 15.8. The monoisotopic (exact) mass is 408 g/mol. The lowest BCUT2D eigenvalue weighted by atomic mass is 9.86. The van der Waals surface area contributed by atoms with Crippen molar-refractivity contribution in [2.75, 3.05) is 13.2 Å². The highest BCUT2D eigenvalue weighted by atomic mass is 79.9. The normalized spacial score (nSPS) is 19.6. The third-order valence-corrected chi connectivity index (χ3v) is 4.33. The molecule has 2 N–H and O–H groups in total. The molecule has 0 radical (unpaired) electrons. The summed E-state index contributed by atoms with van der Waals surface area (Å²) in [6, 6.07) is 2.64. The molecular formula is C18H21BrN2O4. The van der Waals surface area contributed by atoms with Gasteiger partial charge in [-0.2, -0.15) is 0 Å². The highest BCUT2D eigenvalue weighted by Gasteiger charge is 2.36. The van der Waals surface area contributed by atoms with Gasteiger partial charge in [-0.3, -0.25) is 4.79 Å². The number of rotatable bonds is 7. The largest absolute Gasteiger partial charge is 0.490 e. The second-order valence-corrected chi connectivity index (χ2v) is 6.41. The first-order chi connectivity index (χ1) is 11.9. The van der Waals surface area contributed by atoms with Crippen molar-refractivity contribution in [1.82, 2.24) is 10.6 Å². The number of urea groups is 1. The molecule has 25 heavy (non-hydrogen) atoms. The van der Waals surface area contributed by atoms with Crippen molar-refractivity contribution in [2.24, 2.45) is 5.92 Å². The number of carbonyl (C=O) groups excluding carboxylic acids is 2. The van der Waals surface area contributed by atoms with E-state index in [1.54, 1.807) is 18.2 Å². The van der Waals surface area contributed by atoms with Gasteiger partial charge >= 0.3 is 6.03 Å². The number of ether oxygens (including phenoxy) is 2. The topological polar surface area (TPSA) is 76.7 Å². The van der Waals surface area contributed by atoms with Crippen LogP contribution >= 0.6 is 15.9 Å². The average Bonchev–Trinajstić information content (AvgIpc) is 2.53. The van der Waals surface area contributed by atoms with Crippen molar-refractivity contribution >= 4 is 27.7 Å². The maximum atomic E-state index is 12.1. The summed E-state index contributed by atoms with van der Waals surface area (Å²) < 4.78 is 12.0. The number of nitrogens with one attached hydrogen (secondary N) is 2. The molecule has 1 saturated heterocycles. The van der Waals surface area contributed by atoms with Crippen LogP contribution in [0.15, 0.2) is 41.5 Å². The molecule has 7 heteroatoms.